The second-order valence-corrected chi connectivity index (χ2v) is 9.95. The van der Waals surface area contributed by atoms with Crippen molar-refractivity contribution in [2.75, 3.05) is 10.6 Å². The minimum atomic E-state index is -0.464. The van der Waals surface area contributed by atoms with Gasteiger partial charge in [-0.25, -0.2) is 15.0 Å². The summed E-state index contributed by atoms with van der Waals surface area (Å²) in [6.45, 7) is 0. The van der Waals surface area contributed by atoms with E-state index >= 15 is 0 Å². The van der Waals surface area contributed by atoms with Crippen LogP contribution in [0.3, 0.4) is 0 Å². The van der Waals surface area contributed by atoms with Crippen LogP contribution in [0.2, 0.25) is 5.02 Å². The molecular weight excluding hydrogens is 440 g/mol. The summed E-state index contributed by atoms with van der Waals surface area (Å²) in [4.78, 5) is 17.2. The van der Waals surface area contributed by atoms with E-state index in [1.54, 1.807) is 24.7 Å². The van der Waals surface area contributed by atoms with E-state index in [9.17, 15) is 5.11 Å². The first-order valence-electron chi connectivity index (χ1n) is 11.4. The highest BCUT2D eigenvalue weighted by Crippen LogP contribution is 2.56. The fraction of sp³-hybridized carbons (Fsp3) is 0.417. The lowest BCUT2D eigenvalue weighted by atomic mass is 9.52. The van der Waals surface area contributed by atoms with Gasteiger partial charge >= 0.3 is 6.01 Å². The molecule has 7 rings (SSSR count). The lowest BCUT2D eigenvalue weighted by Gasteiger charge is -2.58. The molecule has 0 amide bonds. The Balaban J connectivity index is 1.18. The van der Waals surface area contributed by atoms with Gasteiger partial charge in [-0.2, -0.15) is 4.98 Å². The van der Waals surface area contributed by atoms with Gasteiger partial charge in [-0.15, -0.1) is 0 Å². The third-order valence-electron chi connectivity index (χ3n) is 7.13. The predicted octanol–water partition coefficient (Wildman–Crippen LogP) is 4.81. The van der Waals surface area contributed by atoms with Crippen molar-refractivity contribution in [1.82, 2.24) is 19.9 Å². The molecule has 170 valence electrons. The Morgan fingerprint density at radius 1 is 1.03 bits per heavy atom. The summed E-state index contributed by atoms with van der Waals surface area (Å²) >= 11 is 6.46. The van der Waals surface area contributed by atoms with Crippen LogP contribution in [0.25, 0.3) is 0 Å². The molecule has 4 fully saturated rings. The van der Waals surface area contributed by atoms with Crippen LogP contribution in [-0.2, 0) is 0 Å². The molecule has 2 unspecified atom stereocenters. The molecule has 4 aliphatic rings. The van der Waals surface area contributed by atoms with E-state index in [4.69, 9.17) is 16.3 Å². The molecule has 4 bridgehead atoms. The third-order valence-corrected chi connectivity index (χ3v) is 7.41. The Morgan fingerprint density at radius 3 is 2.58 bits per heavy atom. The van der Waals surface area contributed by atoms with E-state index in [0.717, 1.165) is 24.9 Å². The van der Waals surface area contributed by atoms with E-state index in [1.165, 1.54) is 12.8 Å². The van der Waals surface area contributed by atoms with Crippen molar-refractivity contribution < 1.29 is 9.84 Å². The molecule has 9 heteroatoms. The van der Waals surface area contributed by atoms with E-state index in [0.29, 0.717) is 40.3 Å². The number of benzene rings is 1. The van der Waals surface area contributed by atoms with Crippen LogP contribution in [0.5, 0.6) is 11.8 Å². The van der Waals surface area contributed by atoms with Crippen molar-refractivity contribution in [1.29, 1.82) is 0 Å². The Kier molecular flexibility index (Phi) is 5.07. The van der Waals surface area contributed by atoms with Crippen LogP contribution < -0.4 is 15.4 Å². The van der Waals surface area contributed by atoms with Crippen molar-refractivity contribution in [3.05, 3.63) is 53.9 Å². The number of halogens is 1. The third kappa shape index (κ3) is 4.20. The first-order chi connectivity index (χ1) is 16.0. The number of ether oxygens (including phenoxy) is 1. The molecule has 3 aromatic rings. The predicted molar refractivity (Wildman–Crippen MR) is 125 cm³/mol. The van der Waals surface area contributed by atoms with E-state index < -0.39 is 5.60 Å². The molecule has 8 nitrogen and oxygen atoms in total. The number of aliphatic hydroxyl groups is 1. The number of rotatable bonds is 6. The summed E-state index contributed by atoms with van der Waals surface area (Å²) in [7, 11) is 0. The minimum absolute atomic E-state index is 0.282. The van der Waals surface area contributed by atoms with Gasteiger partial charge in [-0.3, -0.25) is 0 Å². The highest BCUT2D eigenvalue weighted by atomic mass is 35.5. The molecular formula is C24H25ClN6O2. The van der Waals surface area contributed by atoms with E-state index in [1.807, 2.05) is 24.3 Å². The summed E-state index contributed by atoms with van der Waals surface area (Å²) in [6.07, 6.45) is 9.90. The fourth-order valence-electron chi connectivity index (χ4n) is 6.11. The number of hydrogen-bond acceptors (Lipinski definition) is 8. The van der Waals surface area contributed by atoms with Gasteiger partial charge in [0.2, 0.25) is 5.95 Å². The highest BCUT2D eigenvalue weighted by Gasteiger charge is 2.54. The lowest BCUT2D eigenvalue weighted by molar-refractivity contribution is -0.129. The number of nitrogens with one attached hydrogen (secondary N) is 2. The average molecular weight is 465 g/mol. The van der Waals surface area contributed by atoms with Crippen LogP contribution in [0.15, 0.2) is 48.9 Å². The molecule has 33 heavy (non-hydrogen) atoms. The van der Waals surface area contributed by atoms with Gasteiger partial charge in [-0.1, -0.05) is 17.7 Å². The molecule has 0 spiro atoms. The van der Waals surface area contributed by atoms with E-state index in [-0.39, 0.29) is 12.1 Å². The van der Waals surface area contributed by atoms with Crippen molar-refractivity contribution in [2.24, 2.45) is 17.8 Å². The molecule has 2 heterocycles. The fourth-order valence-corrected chi connectivity index (χ4v) is 6.26. The van der Waals surface area contributed by atoms with Gasteiger partial charge in [0.05, 0.1) is 11.8 Å². The monoisotopic (exact) mass is 464 g/mol. The zero-order valence-corrected chi connectivity index (χ0v) is 18.7. The maximum Gasteiger partial charge on any atom is 0.321 e. The van der Waals surface area contributed by atoms with Gasteiger partial charge < -0.3 is 20.5 Å². The molecule has 3 N–H and O–H groups in total. The van der Waals surface area contributed by atoms with Crippen LogP contribution in [0, 0.1) is 17.8 Å². The van der Waals surface area contributed by atoms with Crippen LogP contribution in [0.4, 0.5) is 17.5 Å². The molecule has 2 aromatic heterocycles. The quantitative estimate of drug-likeness (QED) is 0.477. The minimum Gasteiger partial charge on any atom is -0.424 e. The summed E-state index contributed by atoms with van der Waals surface area (Å²) < 4.78 is 5.71. The second-order valence-electron chi connectivity index (χ2n) is 9.54. The zero-order valence-electron chi connectivity index (χ0n) is 18.0. The lowest BCUT2D eigenvalue weighted by Crippen LogP contribution is -2.59. The SMILES string of the molecule is OC12CC3CC(C1)C(Nc1nc(Nc4cccc(Oc5ncccn5)c4)ncc1Cl)C(C3)C2. The highest BCUT2D eigenvalue weighted by molar-refractivity contribution is 6.32. The standard InChI is InChI=1S/C24H25ClN6O2/c25-19-13-28-22(29-17-3-1-4-18(9-17)33-23-26-5-2-6-27-23)31-21(19)30-20-15-7-14-8-16(20)12-24(32,10-14)11-15/h1-6,9,13-16,20,32H,7-8,10-12H2,(H2,28,29,30,31). The smallest absolute Gasteiger partial charge is 0.321 e. The molecule has 0 saturated heterocycles. The van der Waals surface area contributed by atoms with Gasteiger partial charge in [0.1, 0.15) is 10.8 Å². The Hall–Kier alpha value is -2.97. The Bertz CT molecular complexity index is 1150. The zero-order chi connectivity index (χ0) is 22.4. The normalized spacial score (nSPS) is 29.6. The van der Waals surface area contributed by atoms with Gasteiger partial charge in [0, 0.05) is 30.2 Å². The van der Waals surface area contributed by atoms with Crippen LogP contribution in [-0.4, -0.2) is 36.7 Å². The average Bonchev–Trinajstić information content (AvgIpc) is 2.78. The molecule has 1 aromatic carbocycles. The second kappa shape index (κ2) is 8.11. The molecule has 0 aliphatic heterocycles. The number of aromatic nitrogens is 4. The van der Waals surface area contributed by atoms with Crippen molar-refractivity contribution >= 4 is 29.1 Å². The maximum absolute atomic E-state index is 10.9. The van der Waals surface area contributed by atoms with Crippen molar-refractivity contribution in [2.45, 2.75) is 43.7 Å². The van der Waals surface area contributed by atoms with Gasteiger partial charge in [0.15, 0.2) is 5.82 Å². The topological polar surface area (TPSA) is 105 Å². The summed E-state index contributed by atoms with van der Waals surface area (Å²) in [6, 6.07) is 9.74. The van der Waals surface area contributed by atoms with Gasteiger partial charge in [-0.05, 0) is 68.1 Å². The number of anilines is 3. The summed E-state index contributed by atoms with van der Waals surface area (Å²) in [5.74, 6) is 3.24. The molecule has 4 saturated carbocycles. The van der Waals surface area contributed by atoms with E-state index in [2.05, 4.69) is 30.6 Å². The summed E-state index contributed by atoms with van der Waals surface area (Å²) in [5, 5.41) is 18.2. The molecule has 0 radical (unpaired) electrons. The first kappa shape index (κ1) is 20.6. The molecule has 4 aliphatic carbocycles. The van der Waals surface area contributed by atoms with Crippen molar-refractivity contribution in [3.8, 4) is 11.8 Å². The Labute approximate surface area is 196 Å². The molecule has 2 atom stereocenters. The maximum atomic E-state index is 10.9. The number of hydrogen-bond donors (Lipinski definition) is 3. The Morgan fingerprint density at radius 2 is 1.82 bits per heavy atom. The summed E-state index contributed by atoms with van der Waals surface area (Å²) in [5.41, 5.74) is 0.308. The largest absolute Gasteiger partial charge is 0.424 e. The first-order valence-corrected chi connectivity index (χ1v) is 11.7. The number of nitrogens with zero attached hydrogens (tertiary/aromatic N) is 4. The van der Waals surface area contributed by atoms with Crippen molar-refractivity contribution in [3.63, 3.8) is 0 Å². The van der Waals surface area contributed by atoms with Crippen LogP contribution in [0.1, 0.15) is 32.1 Å². The van der Waals surface area contributed by atoms with Crippen LogP contribution >= 0.6 is 11.6 Å². The van der Waals surface area contributed by atoms with Gasteiger partial charge in [0.25, 0.3) is 0 Å².